The molecule has 0 radical (unpaired) electrons. The minimum atomic E-state index is -0.673. The Hall–Kier alpha value is -1.12. The molecular formula is C14H22O7. The lowest BCUT2D eigenvalue weighted by atomic mass is 9.97. The third-order valence-corrected chi connectivity index (χ3v) is 3.36. The first-order chi connectivity index (χ1) is 9.99. The van der Waals surface area contributed by atoms with E-state index in [0.29, 0.717) is 0 Å². The van der Waals surface area contributed by atoms with E-state index < -0.39 is 42.3 Å². The first-order valence-electron chi connectivity index (χ1n) is 6.49. The molecule has 7 heteroatoms. The molecule has 1 fully saturated rings. The molecule has 7 nitrogen and oxygen atoms in total. The quantitative estimate of drug-likeness (QED) is 0.488. The maximum absolute atomic E-state index is 11.4. The number of hydrogen-bond donors (Lipinski definition) is 0. The van der Waals surface area contributed by atoms with E-state index in [9.17, 15) is 9.59 Å². The summed E-state index contributed by atoms with van der Waals surface area (Å²) >= 11 is 0. The largest absolute Gasteiger partial charge is 0.376 e. The number of ketones is 2. The van der Waals surface area contributed by atoms with E-state index in [4.69, 9.17) is 23.7 Å². The van der Waals surface area contributed by atoms with Crippen molar-refractivity contribution in [3.8, 4) is 0 Å². The second kappa shape index (κ2) is 8.35. The van der Waals surface area contributed by atoms with Gasteiger partial charge in [0.15, 0.2) is 12.1 Å². The molecule has 0 aromatic carbocycles. The molecule has 0 spiro atoms. The van der Waals surface area contributed by atoms with Gasteiger partial charge in [-0.05, 0) is 12.2 Å². The zero-order chi connectivity index (χ0) is 16.0. The molecule has 1 aliphatic rings. The van der Waals surface area contributed by atoms with Crippen molar-refractivity contribution >= 4 is 11.6 Å². The van der Waals surface area contributed by atoms with Crippen LogP contribution in [0.2, 0.25) is 0 Å². The first kappa shape index (κ1) is 17.9. The van der Waals surface area contributed by atoms with E-state index in [1.54, 1.807) is 0 Å². The Labute approximate surface area is 124 Å². The van der Waals surface area contributed by atoms with E-state index in [1.165, 1.54) is 47.5 Å². The SMILES string of the molecule is CO[C@@H]1O[C@@H](/C=C/C(=O)C(C)=O)[C@H](OC)[C@@H](OC)[C@H]1OC. The molecule has 1 rings (SSSR count). The van der Waals surface area contributed by atoms with Crippen LogP contribution < -0.4 is 0 Å². The van der Waals surface area contributed by atoms with Crippen molar-refractivity contribution in [1.82, 2.24) is 0 Å². The highest BCUT2D eigenvalue weighted by Gasteiger charge is 2.46. The fourth-order valence-electron chi connectivity index (χ4n) is 2.26. The number of methoxy groups -OCH3 is 4. The number of Topliss-reactive ketones (excluding diaryl/α,β-unsaturated/α-hetero) is 1. The lowest BCUT2D eigenvalue weighted by Crippen LogP contribution is -2.59. The van der Waals surface area contributed by atoms with E-state index in [0.717, 1.165) is 0 Å². The normalized spacial score (nSPS) is 33.3. The predicted octanol–water partition coefficient (Wildman–Crippen LogP) is 0.117. The van der Waals surface area contributed by atoms with E-state index in [1.807, 2.05) is 0 Å². The molecule has 21 heavy (non-hydrogen) atoms. The number of ether oxygens (including phenoxy) is 5. The highest BCUT2D eigenvalue weighted by Crippen LogP contribution is 2.28. The molecule has 1 saturated heterocycles. The van der Waals surface area contributed by atoms with Gasteiger partial charge in [-0.3, -0.25) is 9.59 Å². The highest BCUT2D eigenvalue weighted by molar-refractivity contribution is 6.40. The fraction of sp³-hybridized carbons (Fsp3) is 0.714. The zero-order valence-corrected chi connectivity index (χ0v) is 12.9. The second-order valence-corrected chi connectivity index (χ2v) is 4.59. The van der Waals surface area contributed by atoms with Gasteiger partial charge in [0.2, 0.25) is 5.78 Å². The number of allylic oxidation sites excluding steroid dienone is 1. The van der Waals surface area contributed by atoms with Crippen LogP contribution in [0.15, 0.2) is 12.2 Å². The third kappa shape index (κ3) is 4.18. The Morgan fingerprint density at radius 1 is 0.905 bits per heavy atom. The number of rotatable bonds is 7. The van der Waals surface area contributed by atoms with Crippen molar-refractivity contribution in [2.75, 3.05) is 28.4 Å². The molecule has 120 valence electrons. The molecule has 0 aliphatic carbocycles. The standard InChI is InChI=1S/C14H22O7/c1-8(15)9(16)6-7-10-11(17-2)12(18-3)13(19-4)14(20-5)21-10/h6-7,10-14H,1-5H3/b7-6+/t10-,11-,12+,13+,14+/m0/s1. The molecule has 0 unspecified atom stereocenters. The van der Waals surface area contributed by atoms with Crippen molar-refractivity contribution in [2.45, 2.75) is 37.6 Å². The van der Waals surface area contributed by atoms with Crippen molar-refractivity contribution in [1.29, 1.82) is 0 Å². The number of carbonyl (C=O) groups excluding carboxylic acids is 2. The zero-order valence-electron chi connectivity index (χ0n) is 12.9. The van der Waals surface area contributed by atoms with E-state index in [2.05, 4.69) is 0 Å². The van der Waals surface area contributed by atoms with E-state index in [-0.39, 0.29) is 0 Å². The van der Waals surface area contributed by atoms with Crippen molar-refractivity contribution in [2.24, 2.45) is 0 Å². The smallest absolute Gasteiger partial charge is 0.220 e. The van der Waals surface area contributed by atoms with Gasteiger partial charge in [-0.15, -0.1) is 0 Å². The monoisotopic (exact) mass is 302 g/mol. The number of carbonyl (C=O) groups is 2. The van der Waals surface area contributed by atoms with Gasteiger partial charge in [0.1, 0.15) is 24.4 Å². The Morgan fingerprint density at radius 3 is 1.90 bits per heavy atom. The van der Waals surface area contributed by atoms with Crippen LogP contribution >= 0.6 is 0 Å². The topological polar surface area (TPSA) is 80.3 Å². The third-order valence-electron chi connectivity index (χ3n) is 3.36. The van der Waals surface area contributed by atoms with Crippen LogP contribution in [0.5, 0.6) is 0 Å². The Bertz CT molecular complexity index is 393. The Kier molecular flexibility index (Phi) is 7.13. The minimum absolute atomic E-state index is 0.444. The molecular weight excluding hydrogens is 280 g/mol. The van der Waals surface area contributed by atoms with Gasteiger partial charge in [0, 0.05) is 35.4 Å². The van der Waals surface area contributed by atoms with Crippen LogP contribution in [-0.4, -0.2) is 70.7 Å². The van der Waals surface area contributed by atoms with Crippen LogP contribution in [-0.2, 0) is 33.3 Å². The van der Waals surface area contributed by atoms with Crippen molar-refractivity contribution in [3.05, 3.63) is 12.2 Å². The van der Waals surface area contributed by atoms with Gasteiger partial charge < -0.3 is 23.7 Å². The maximum Gasteiger partial charge on any atom is 0.220 e. The Morgan fingerprint density at radius 2 is 1.48 bits per heavy atom. The predicted molar refractivity (Wildman–Crippen MR) is 72.9 cm³/mol. The van der Waals surface area contributed by atoms with Crippen LogP contribution in [0.25, 0.3) is 0 Å². The van der Waals surface area contributed by atoms with Crippen LogP contribution in [0.4, 0.5) is 0 Å². The molecule has 0 bridgehead atoms. The minimum Gasteiger partial charge on any atom is -0.376 e. The summed E-state index contributed by atoms with van der Waals surface area (Å²) in [5.74, 6) is -1.15. The molecule has 5 atom stereocenters. The molecule has 0 aromatic heterocycles. The van der Waals surface area contributed by atoms with Gasteiger partial charge >= 0.3 is 0 Å². The maximum atomic E-state index is 11.4. The summed E-state index contributed by atoms with van der Waals surface area (Å²) in [6.45, 7) is 1.21. The summed E-state index contributed by atoms with van der Waals surface area (Å²) in [7, 11) is 6.04. The average Bonchev–Trinajstić information content (AvgIpc) is 2.50. The second-order valence-electron chi connectivity index (χ2n) is 4.59. The summed E-state index contributed by atoms with van der Waals surface area (Å²) in [5.41, 5.74) is 0. The molecule has 0 aromatic rings. The summed E-state index contributed by atoms with van der Waals surface area (Å²) < 4.78 is 27.1. The van der Waals surface area contributed by atoms with Gasteiger partial charge in [0.05, 0.1) is 0 Å². The molecule has 0 saturated carbocycles. The average molecular weight is 302 g/mol. The lowest BCUT2D eigenvalue weighted by molar-refractivity contribution is -0.293. The summed E-state index contributed by atoms with van der Waals surface area (Å²) in [6, 6.07) is 0. The van der Waals surface area contributed by atoms with E-state index >= 15 is 0 Å². The first-order valence-corrected chi connectivity index (χ1v) is 6.49. The Balaban J connectivity index is 2.96. The van der Waals surface area contributed by atoms with Crippen molar-refractivity contribution in [3.63, 3.8) is 0 Å². The molecule has 1 aliphatic heterocycles. The van der Waals surface area contributed by atoms with Gasteiger partial charge in [-0.1, -0.05) is 0 Å². The van der Waals surface area contributed by atoms with Crippen molar-refractivity contribution < 1.29 is 33.3 Å². The summed E-state index contributed by atoms with van der Waals surface area (Å²) in [5, 5.41) is 0. The van der Waals surface area contributed by atoms with Crippen LogP contribution in [0.3, 0.4) is 0 Å². The summed E-state index contributed by atoms with van der Waals surface area (Å²) in [6.07, 6.45) is -0.0396. The molecule has 0 N–H and O–H groups in total. The molecule has 0 amide bonds. The van der Waals surface area contributed by atoms with Crippen LogP contribution in [0.1, 0.15) is 6.92 Å². The lowest BCUT2D eigenvalue weighted by Gasteiger charge is -2.43. The van der Waals surface area contributed by atoms with Gasteiger partial charge in [0.25, 0.3) is 0 Å². The fourth-order valence-corrected chi connectivity index (χ4v) is 2.26. The van der Waals surface area contributed by atoms with Crippen LogP contribution in [0, 0.1) is 0 Å². The van der Waals surface area contributed by atoms with Gasteiger partial charge in [-0.25, -0.2) is 0 Å². The molecule has 1 heterocycles. The van der Waals surface area contributed by atoms with Gasteiger partial charge in [-0.2, -0.15) is 0 Å². The number of hydrogen-bond acceptors (Lipinski definition) is 7. The highest BCUT2D eigenvalue weighted by atomic mass is 16.7. The summed E-state index contributed by atoms with van der Waals surface area (Å²) in [4.78, 5) is 22.3.